The lowest BCUT2D eigenvalue weighted by Gasteiger charge is -2.37. The van der Waals surface area contributed by atoms with E-state index in [9.17, 15) is 4.79 Å². The molecule has 4 nitrogen and oxygen atoms in total. The predicted octanol–water partition coefficient (Wildman–Crippen LogP) is 5.08. The molecule has 0 bridgehead atoms. The first-order chi connectivity index (χ1) is 15.2. The molecule has 2 aromatic carbocycles. The van der Waals surface area contributed by atoms with Crippen molar-refractivity contribution in [3.8, 4) is 5.75 Å². The van der Waals surface area contributed by atoms with Gasteiger partial charge in [-0.1, -0.05) is 50.5 Å². The molecular formula is C26H34N2O2S. The van der Waals surface area contributed by atoms with Crippen molar-refractivity contribution in [1.82, 2.24) is 10.2 Å². The molecule has 31 heavy (non-hydrogen) atoms. The number of amides is 1. The number of unbranched alkanes of at least 4 members (excludes halogenated alkanes) is 3. The molecule has 166 valence electrons. The second-order valence-electron chi connectivity index (χ2n) is 8.63. The summed E-state index contributed by atoms with van der Waals surface area (Å²) in [6.07, 6.45) is 8.97. The van der Waals surface area contributed by atoms with Gasteiger partial charge in [0.15, 0.2) is 0 Å². The Hall–Kier alpha value is -1.98. The molecule has 2 aromatic rings. The molecule has 4 rings (SSSR count). The van der Waals surface area contributed by atoms with Gasteiger partial charge in [-0.2, -0.15) is 0 Å². The van der Waals surface area contributed by atoms with Gasteiger partial charge in [0.1, 0.15) is 5.75 Å². The van der Waals surface area contributed by atoms with Crippen LogP contribution in [0.5, 0.6) is 5.75 Å². The summed E-state index contributed by atoms with van der Waals surface area (Å²) in [5, 5.41) is 3.24. The molecule has 2 aliphatic rings. The van der Waals surface area contributed by atoms with Crippen LogP contribution in [0.3, 0.4) is 0 Å². The lowest BCUT2D eigenvalue weighted by Crippen LogP contribution is -2.47. The van der Waals surface area contributed by atoms with Crippen LogP contribution in [-0.4, -0.2) is 42.8 Å². The smallest absolute Gasteiger partial charge is 0.255 e. The number of carbonyl (C=O) groups is 1. The van der Waals surface area contributed by atoms with Crippen LogP contribution in [-0.2, 0) is 19.4 Å². The molecule has 1 amide bonds. The molecule has 0 aliphatic carbocycles. The molecule has 0 radical (unpaired) electrons. The highest BCUT2D eigenvalue weighted by atomic mass is 32.2. The van der Waals surface area contributed by atoms with Crippen molar-refractivity contribution in [2.75, 3.05) is 26.0 Å². The highest BCUT2D eigenvalue weighted by Crippen LogP contribution is 2.34. The van der Waals surface area contributed by atoms with Gasteiger partial charge in [0.2, 0.25) is 0 Å². The number of ether oxygens (including phenoxy) is 1. The minimum atomic E-state index is -0.0150. The maximum Gasteiger partial charge on any atom is 0.255 e. The standard InChI is InChI=1S/C26H34N2O2S/c1-3-4-5-8-12-28-18-21-10-7-6-9-19(21)14-22(28)17-27-26(29)24-16-23(31-2)15-20-11-13-30-25(20)24/h6-7,9-10,15-16,22H,3-5,8,11-14,17-18H2,1-2H3,(H,27,29)/t22-/m0/s1. The van der Waals surface area contributed by atoms with Crippen LogP contribution in [0.2, 0.25) is 0 Å². The van der Waals surface area contributed by atoms with Gasteiger partial charge in [-0.3, -0.25) is 9.69 Å². The van der Waals surface area contributed by atoms with Crippen molar-refractivity contribution >= 4 is 17.7 Å². The molecule has 0 fully saturated rings. The number of benzene rings is 2. The maximum atomic E-state index is 13.1. The van der Waals surface area contributed by atoms with Gasteiger partial charge in [-0.25, -0.2) is 0 Å². The second-order valence-corrected chi connectivity index (χ2v) is 9.51. The summed E-state index contributed by atoms with van der Waals surface area (Å²) >= 11 is 1.67. The van der Waals surface area contributed by atoms with Crippen LogP contribution < -0.4 is 10.1 Å². The van der Waals surface area contributed by atoms with Gasteiger partial charge in [0.05, 0.1) is 12.2 Å². The molecule has 1 N–H and O–H groups in total. The summed E-state index contributed by atoms with van der Waals surface area (Å²) in [5.74, 6) is 0.763. The van der Waals surface area contributed by atoms with Crippen molar-refractivity contribution in [3.05, 3.63) is 58.7 Å². The third kappa shape index (κ3) is 5.27. The summed E-state index contributed by atoms with van der Waals surface area (Å²) in [5.41, 5.74) is 4.69. The van der Waals surface area contributed by atoms with E-state index in [2.05, 4.69) is 53.7 Å². The van der Waals surface area contributed by atoms with E-state index in [4.69, 9.17) is 4.74 Å². The van der Waals surface area contributed by atoms with E-state index >= 15 is 0 Å². The van der Waals surface area contributed by atoms with Gasteiger partial charge < -0.3 is 10.1 Å². The van der Waals surface area contributed by atoms with Crippen LogP contribution in [0.15, 0.2) is 41.3 Å². The quantitative estimate of drug-likeness (QED) is 0.438. The number of thioether (sulfide) groups is 1. The number of hydrogen-bond donors (Lipinski definition) is 1. The molecular weight excluding hydrogens is 404 g/mol. The van der Waals surface area contributed by atoms with Gasteiger partial charge in [-0.05, 0) is 54.5 Å². The second kappa shape index (κ2) is 10.6. The topological polar surface area (TPSA) is 41.6 Å². The van der Waals surface area contributed by atoms with E-state index in [-0.39, 0.29) is 5.91 Å². The number of nitrogens with one attached hydrogen (secondary N) is 1. The Bertz CT molecular complexity index is 914. The third-order valence-corrected chi connectivity index (χ3v) is 7.21. The average molecular weight is 439 g/mol. The maximum absolute atomic E-state index is 13.1. The van der Waals surface area contributed by atoms with E-state index in [1.165, 1.54) is 36.8 Å². The van der Waals surface area contributed by atoms with Gasteiger partial charge in [0, 0.05) is 30.4 Å². The van der Waals surface area contributed by atoms with Crippen LogP contribution >= 0.6 is 11.8 Å². The van der Waals surface area contributed by atoms with Crippen molar-refractivity contribution in [2.45, 2.75) is 62.9 Å². The highest BCUT2D eigenvalue weighted by Gasteiger charge is 2.27. The van der Waals surface area contributed by atoms with Gasteiger partial charge >= 0.3 is 0 Å². The van der Waals surface area contributed by atoms with E-state index in [1.54, 1.807) is 11.8 Å². The van der Waals surface area contributed by atoms with E-state index in [0.29, 0.717) is 24.8 Å². The average Bonchev–Trinajstić information content (AvgIpc) is 3.28. The number of fused-ring (bicyclic) bond motifs is 2. The summed E-state index contributed by atoms with van der Waals surface area (Å²) < 4.78 is 5.81. The molecule has 0 aromatic heterocycles. The Morgan fingerprint density at radius 3 is 2.81 bits per heavy atom. The van der Waals surface area contributed by atoms with Crippen molar-refractivity contribution in [3.63, 3.8) is 0 Å². The Morgan fingerprint density at radius 1 is 1.16 bits per heavy atom. The molecule has 0 spiro atoms. The van der Waals surface area contributed by atoms with E-state index in [0.717, 1.165) is 42.1 Å². The largest absolute Gasteiger partial charge is 0.492 e. The Balaban J connectivity index is 1.45. The lowest BCUT2D eigenvalue weighted by molar-refractivity contribution is 0.0920. The normalized spacial score (nSPS) is 17.7. The predicted molar refractivity (Wildman–Crippen MR) is 128 cm³/mol. The number of nitrogens with zero attached hydrogens (tertiary/aromatic N) is 1. The lowest BCUT2D eigenvalue weighted by atomic mass is 9.93. The van der Waals surface area contributed by atoms with E-state index < -0.39 is 0 Å². The van der Waals surface area contributed by atoms with E-state index in [1.807, 2.05) is 6.07 Å². The van der Waals surface area contributed by atoms with Gasteiger partial charge in [-0.15, -0.1) is 11.8 Å². The first kappa shape index (κ1) is 22.2. The molecule has 5 heteroatoms. The fourth-order valence-electron chi connectivity index (χ4n) is 4.72. The first-order valence-corrected chi connectivity index (χ1v) is 12.8. The Labute approximate surface area is 190 Å². The zero-order valence-electron chi connectivity index (χ0n) is 18.8. The molecule has 2 heterocycles. The van der Waals surface area contributed by atoms with Crippen LogP contribution in [0.1, 0.15) is 59.7 Å². The third-order valence-electron chi connectivity index (χ3n) is 6.50. The Morgan fingerprint density at radius 2 is 2.00 bits per heavy atom. The molecule has 0 unspecified atom stereocenters. The first-order valence-electron chi connectivity index (χ1n) is 11.6. The fourth-order valence-corrected chi connectivity index (χ4v) is 5.21. The Kier molecular flexibility index (Phi) is 7.57. The summed E-state index contributed by atoms with van der Waals surface area (Å²) in [6.45, 7) is 5.65. The molecule has 0 saturated heterocycles. The molecule has 0 saturated carbocycles. The monoisotopic (exact) mass is 438 g/mol. The van der Waals surface area contributed by atoms with Crippen molar-refractivity contribution in [2.24, 2.45) is 0 Å². The molecule has 2 aliphatic heterocycles. The minimum Gasteiger partial charge on any atom is -0.492 e. The van der Waals surface area contributed by atoms with Crippen LogP contribution in [0.4, 0.5) is 0 Å². The van der Waals surface area contributed by atoms with Crippen LogP contribution in [0, 0.1) is 0 Å². The fraction of sp³-hybridized carbons (Fsp3) is 0.500. The summed E-state index contributed by atoms with van der Waals surface area (Å²) in [6, 6.07) is 13.2. The number of carbonyl (C=O) groups excluding carboxylic acids is 1. The van der Waals surface area contributed by atoms with Gasteiger partial charge in [0.25, 0.3) is 5.91 Å². The number of hydrogen-bond acceptors (Lipinski definition) is 4. The van der Waals surface area contributed by atoms with Crippen molar-refractivity contribution in [1.29, 1.82) is 0 Å². The minimum absolute atomic E-state index is 0.0150. The van der Waals surface area contributed by atoms with Crippen LogP contribution in [0.25, 0.3) is 0 Å². The molecule has 1 atom stereocenters. The zero-order chi connectivity index (χ0) is 21.6. The van der Waals surface area contributed by atoms with Crippen molar-refractivity contribution < 1.29 is 9.53 Å². The summed E-state index contributed by atoms with van der Waals surface area (Å²) in [7, 11) is 0. The number of rotatable bonds is 9. The zero-order valence-corrected chi connectivity index (χ0v) is 19.6. The SMILES string of the molecule is CCCCCCN1Cc2ccccc2C[C@H]1CNC(=O)c1cc(SC)cc2c1OCC2. The summed E-state index contributed by atoms with van der Waals surface area (Å²) in [4.78, 5) is 16.8. The highest BCUT2D eigenvalue weighted by molar-refractivity contribution is 7.98.